The molecule has 6 nitrogen and oxygen atoms in total. The molecule has 8 heteroatoms. The Morgan fingerprint density at radius 2 is 2.09 bits per heavy atom. The Kier molecular flexibility index (Phi) is 4.84. The number of methoxy groups -OCH3 is 2. The molecule has 0 unspecified atom stereocenters. The maximum Gasteiger partial charge on any atom is 0.164 e. The second kappa shape index (κ2) is 6.70. The van der Waals surface area contributed by atoms with Gasteiger partial charge in [-0.25, -0.2) is 8.42 Å². The number of hydrogen-bond donors (Lipinski definition) is 0. The molecule has 2 heterocycles. The first-order valence-electron chi connectivity index (χ1n) is 7.38. The lowest BCUT2D eigenvalue weighted by molar-refractivity contribution is 0.219. The van der Waals surface area contributed by atoms with Crippen molar-refractivity contribution in [1.29, 1.82) is 0 Å². The zero-order chi connectivity index (χ0) is 16.4. The number of fused-ring (bicyclic) bond motifs is 1. The van der Waals surface area contributed by atoms with Gasteiger partial charge < -0.3 is 14.4 Å². The lowest BCUT2D eigenvalue weighted by Gasteiger charge is -2.27. The Hall–Kier alpha value is -1.25. The summed E-state index contributed by atoms with van der Waals surface area (Å²) in [5, 5.41) is 0.844. The van der Waals surface area contributed by atoms with Crippen molar-refractivity contribution in [2.75, 3.05) is 43.0 Å². The van der Waals surface area contributed by atoms with Crippen LogP contribution in [-0.4, -0.2) is 63.8 Å². The highest BCUT2D eigenvalue weighted by Crippen LogP contribution is 2.39. The molecule has 0 amide bonds. The highest BCUT2D eigenvalue weighted by atomic mass is 32.2. The number of ether oxygens (including phenoxy) is 2. The van der Waals surface area contributed by atoms with Crippen molar-refractivity contribution in [3.05, 3.63) is 24.3 Å². The topological polar surface area (TPSA) is 68.2 Å². The summed E-state index contributed by atoms with van der Waals surface area (Å²) >= 11 is 1.59. The fourth-order valence-electron chi connectivity index (χ4n) is 2.96. The second-order valence-electron chi connectivity index (χ2n) is 5.51. The molecule has 2 aliphatic rings. The summed E-state index contributed by atoms with van der Waals surface area (Å²) in [6, 6.07) is 7.29. The van der Waals surface area contributed by atoms with Gasteiger partial charge in [-0.2, -0.15) is 0 Å². The van der Waals surface area contributed by atoms with Gasteiger partial charge in [0.05, 0.1) is 43.0 Å². The van der Waals surface area contributed by atoms with E-state index in [2.05, 4.69) is 4.99 Å². The summed E-state index contributed by atoms with van der Waals surface area (Å²) in [6.45, 7) is 0.622. The Balaban J connectivity index is 1.94. The molecule has 126 valence electrons. The van der Waals surface area contributed by atoms with E-state index >= 15 is 0 Å². The summed E-state index contributed by atoms with van der Waals surface area (Å²) in [5.41, 5.74) is 0.864. The number of sulfone groups is 1. The maximum atomic E-state index is 12.0. The Morgan fingerprint density at radius 3 is 2.83 bits per heavy atom. The van der Waals surface area contributed by atoms with Crippen molar-refractivity contribution in [2.24, 2.45) is 4.99 Å². The molecule has 1 aromatic rings. The highest BCUT2D eigenvalue weighted by Gasteiger charge is 2.47. The van der Waals surface area contributed by atoms with Gasteiger partial charge in [-0.15, -0.1) is 0 Å². The van der Waals surface area contributed by atoms with Crippen molar-refractivity contribution < 1.29 is 17.9 Å². The van der Waals surface area contributed by atoms with Gasteiger partial charge in [-0.05, 0) is 12.1 Å². The Labute approximate surface area is 140 Å². The fourth-order valence-corrected chi connectivity index (χ4v) is 5.82. The van der Waals surface area contributed by atoms with Gasteiger partial charge in [-0.3, -0.25) is 4.99 Å². The zero-order valence-electron chi connectivity index (χ0n) is 13.1. The van der Waals surface area contributed by atoms with Crippen molar-refractivity contribution in [1.82, 2.24) is 0 Å². The first-order chi connectivity index (χ1) is 11.1. The van der Waals surface area contributed by atoms with Crippen LogP contribution in [0.25, 0.3) is 0 Å². The average Bonchev–Trinajstić information content (AvgIpc) is 2.98. The minimum atomic E-state index is -3.04. The van der Waals surface area contributed by atoms with E-state index in [9.17, 15) is 8.42 Å². The van der Waals surface area contributed by atoms with Crippen molar-refractivity contribution >= 4 is 32.5 Å². The van der Waals surface area contributed by atoms with E-state index in [0.29, 0.717) is 6.61 Å². The van der Waals surface area contributed by atoms with Crippen LogP contribution >= 0.6 is 11.8 Å². The van der Waals surface area contributed by atoms with Crippen LogP contribution in [0.15, 0.2) is 29.3 Å². The number of thioether (sulfide) groups is 1. The Morgan fingerprint density at radius 1 is 1.30 bits per heavy atom. The first kappa shape index (κ1) is 16.6. The minimum Gasteiger partial charge on any atom is -0.495 e. The van der Waals surface area contributed by atoms with Gasteiger partial charge in [0, 0.05) is 12.9 Å². The predicted octanol–water partition coefficient (Wildman–Crippen LogP) is 1.42. The SMILES string of the molecule is COCCSC1=N[C@H]2CS(=O)(=O)C[C@H]2N1c1ccccc1OC. The van der Waals surface area contributed by atoms with Gasteiger partial charge in [0.1, 0.15) is 5.75 Å². The highest BCUT2D eigenvalue weighted by molar-refractivity contribution is 8.14. The van der Waals surface area contributed by atoms with Crippen LogP contribution in [0.2, 0.25) is 0 Å². The smallest absolute Gasteiger partial charge is 0.164 e. The summed E-state index contributed by atoms with van der Waals surface area (Å²) in [7, 11) is 0.243. The minimum absolute atomic E-state index is 0.123. The third-order valence-corrected chi connectivity index (χ3v) is 6.60. The lowest BCUT2D eigenvalue weighted by Crippen LogP contribution is -2.39. The van der Waals surface area contributed by atoms with Gasteiger partial charge in [-0.1, -0.05) is 23.9 Å². The normalized spacial score (nSPS) is 25.3. The van der Waals surface area contributed by atoms with Crippen LogP contribution in [0.3, 0.4) is 0 Å². The molecule has 1 saturated heterocycles. The van der Waals surface area contributed by atoms with Crippen LogP contribution in [0.1, 0.15) is 0 Å². The molecule has 0 aliphatic carbocycles. The number of amidine groups is 1. The molecule has 0 radical (unpaired) electrons. The predicted molar refractivity (Wildman–Crippen MR) is 93.5 cm³/mol. The number of para-hydroxylation sites is 2. The number of hydrogen-bond acceptors (Lipinski definition) is 7. The van der Waals surface area contributed by atoms with E-state index in [1.165, 1.54) is 0 Å². The molecule has 3 rings (SSSR count). The van der Waals surface area contributed by atoms with Gasteiger partial charge in [0.2, 0.25) is 0 Å². The van der Waals surface area contributed by atoms with Gasteiger partial charge in [0.15, 0.2) is 15.0 Å². The molecular formula is C15H20N2O4S2. The third kappa shape index (κ3) is 3.34. The third-order valence-electron chi connectivity index (χ3n) is 3.97. The zero-order valence-corrected chi connectivity index (χ0v) is 14.8. The molecule has 0 bridgehead atoms. The monoisotopic (exact) mass is 356 g/mol. The molecule has 1 aromatic carbocycles. The standard InChI is InChI=1S/C15H20N2O4S2/c1-20-7-8-22-15-16-11-9-23(18,19)10-13(11)17(15)12-5-3-4-6-14(12)21-2/h3-6,11,13H,7-10H2,1-2H3/t11-,13+/m0/s1. The molecule has 0 aromatic heterocycles. The molecule has 0 spiro atoms. The summed E-state index contributed by atoms with van der Waals surface area (Å²) in [5.74, 6) is 1.75. The maximum absolute atomic E-state index is 12.0. The summed E-state index contributed by atoms with van der Waals surface area (Å²) in [6.07, 6.45) is 0. The van der Waals surface area contributed by atoms with Crippen LogP contribution in [0, 0.1) is 0 Å². The summed E-state index contributed by atoms with van der Waals surface area (Å²) < 4.78 is 34.5. The lowest BCUT2D eigenvalue weighted by atomic mass is 10.1. The van der Waals surface area contributed by atoms with Crippen molar-refractivity contribution in [3.8, 4) is 5.75 Å². The summed E-state index contributed by atoms with van der Waals surface area (Å²) in [4.78, 5) is 6.69. The molecule has 0 N–H and O–H groups in total. The molecule has 23 heavy (non-hydrogen) atoms. The quantitative estimate of drug-likeness (QED) is 0.743. The largest absolute Gasteiger partial charge is 0.495 e. The van der Waals surface area contributed by atoms with Crippen LogP contribution in [0.5, 0.6) is 5.75 Å². The average molecular weight is 356 g/mol. The second-order valence-corrected chi connectivity index (χ2v) is 8.72. The van der Waals surface area contributed by atoms with Crippen molar-refractivity contribution in [3.63, 3.8) is 0 Å². The van der Waals surface area contributed by atoms with Gasteiger partial charge in [0.25, 0.3) is 0 Å². The number of nitrogens with zero attached hydrogens (tertiary/aromatic N) is 2. The first-order valence-corrected chi connectivity index (χ1v) is 10.2. The number of aliphatic imine (C=N–C) groups is 1. The van der Waals surface area contributed by atoms with Gasteiger partial charge >= 0.3 is 0 Å². The molecule has 0 saturated carbocycles. The van der Waals surface area contributed by atoms with Crippen LogP contribution < -0.4 is 9.64 Å². The van der Waals surface area contributed by atoms with Crippen molar-refractivity contribution in [2.45, 2.75) is 12.1 Å². The molecule has 1 fully saturated rings. The van der Waals surface area contributed by atoms with E-state index in [0.717, 1.165) is 22.4 Å². The van der Waals surface area contributed by atoms with E-state index < -0.39 is 9.84 Å². The molecule has 2 aliphatic heterocycles. The van der Waals surface area contributed by atoms with Crippen LogP contribution in [0.4, 0.5) is 5.69 Å². The van der Waals surface area contributed by atoms with E-state index in [1.54, 1.807) is 26.0 Å². The number of anilines is 1. The van der Waals surface area contributed by atoms with E-state index in [-0.39, 0.29) is 23.6 Å². The number of rotatable bonds is 5. The fraction of sp³-hybridized carbons (Fsp3) is 0.533. The van der Waals surface area contributed by atoms with Crippen LogP contribution in [-0.2, 0) is 14.6 Å². The Bertz CT molecular complexity index is 705. The molecule has 2 atom stereocenters. The number of benzene rings is 1. The van der Waals surface area contributed by atoms with E-state index in [4.69, 9.17) is 9.47 Å². The van der Waals surface area contributed by atoms with E-state index in [1.807, 2.05) is 29.2 Å². The molecular weight excluding hydrogens is 336 g/mol.